The van der Waals surface area contributed by atoms with Gasteiger partial charge in [0, 0.05) is 49.2 Å². The molecule has 0 unspecified atom stereocenters. The van der Waals surface area contributed by atoms with Gasteiger partial charge in [0.1, 0.15) is 13.2 Å². The summed E-state index contributed by atoms with van der Waals surface area (Å²) in [5, 5.41) is 4.62. The molecular weight excluding hydrogens is 536 g/mol. The van der Waals surface area contributed by atoms with Gasteiger partial charge in [-0.15, -0.1) is 0 Å². The van der Waals surface area contributed by atoms with E-state index in [4.69, 9.17) is 9.47 Å². The van der Waals surface area contributed by atoms with E-state index in [-0.39, 0.29) is 18.5 Å². The summed E-state index contributed by atoms with van der Waals surface area (Å²) in [6.45, 7) is 12.6. The van der Waals surface area contributed by atoms with Gasteiger partial charge >= 0.3 is 11.9 Å². The van der Waals surface area contributed by atoms with Crippen LogP contribution in [0.5, 0.6) is 0 Å². The van der Waals surface area contributed by atoms with Gasteiger partial charge in [0.2, 0.25) is 0 Å². The third kappa shape index (κ3) is 5.18. The molecule has 0 aliphatic heterocycles. The first kappa shape index (κ1) is 28.3. The molecule has 218 valence electrons. The molecule has 43 heavy (non-hydrogen) atoms. The molecule has 0 saturated heterocycles. The highest BCUT2D eigenvalue weighted by Crippen LogP contribution is 2.38. The Morgan fingerprint density at radius 3 is 1.98 bits per heavy atom. The minimum atomic E-state index is -0.549. The highest BCUT2D eigenvalue weighted by atomic mass is 16.5. The summed E-state index contributed by atoms with van der Waals surface area (Å²) in [5.74, 6) is -0.579. The van der Waals surface area contributed by atoms with Crippen LogP contribution in [-0.4, -0.2) is 34.3 Å². The molecule has 0 spiro atoms. The Morgan fingerprint density at radius 2 is 1.28 bits per heavy atom. The van der Waals surface area contributed by atoms with Gasteiger partial charge < -0.3 is 18.6 Å². The number of hydrogen-bond donors (Lipinski definition) is 0. The Balaban J connectivity index is 1.45. The summed E-state index contributed by atoms with van der Waals surface area (Å²) in [7, 11) is 0. The molecule has 0 fully saturated rings. The number of esters is 2. The first-order valence-electron chi connectivity index (χ1n) is 14.7. The molecule has 6 rings (SSSR count). The second-order valence-corrected chi connectivity index (χ2v) is 12.1. The fourth-order valence-corrected chi connectivity index (χ4v) is 5.84. The van der Waals surface area contributed by atoms with E-state index in [9.17, 15) is 9.59 Å². The Hall–Kier alpha value is -4.84. The zero-order valence-corrected chi connectivity index (χ0v) is 25.1. The summed E-state index contributed by atoms with van der Waals surface area (Å²) in [4.78, 5) is 24.5. The monoisotopic (exact) mass is 572 g/mol. The van der Waals surface area contributed by atoms with Crippen LogP contribution in [0.1, 0.15) is 27.7 Å². The number of ether oxygens (including phenoxy) is 2. The molecule has 0 bridgehead atoms. The normalized spacial score (nSPS) is 11.9. The lowest BCUT2D eigenvalue weighted by molar-refractivity contribution is -0.153. The predicted molar refractivity (Wildman–Crippen MR) is 174 cm³/mol. The Morgan fingerprint density at radius 1 is 0.698 bits per heavy atom. The summed E-state index contributed by atoms with van der Waals surface area (Å²) in [6, 6.07) is 29.7. The van der Waals surface area contributed by atoms with Crippen LogP contribution in [0.3, 0.4) is 0 Å². The number of carbonyl (C=O) groups is 2. The van der Waals surface area contributed by atoms with Crippen molar-refractivity contribution in [3.05, 3.63) is 97.1 Å². The minimum absolute atomic E-state index is 0.204. The Bertz CT molecular complexity index is 2040. The molecular formula is C37H36N2O4. The van der Waals surface area contributed by atoms with E-state index >= 15 is 0 Å². The van der Waals surface area contributed by atoms with E-state index in [2.05, 4.69) is 88.5 Å². The summed E-state index contributed by atoms with van der Waals surface area (Å²) >= 11 is 0. The van der Waals surface area contributed by atoms with Crippen molar-refractivity contribution in [3.63, 3.8) is 0 Å². The zero-order valence-electron chi connectivity index (χ0n) is 25.1. The third-order valence-corrected chi connectivity index (χ3v) is 7.93. The number of rotatable bonds is 8. The summed E-state index contributed by atoms with van der Waals surface area (Å²) in [5.41, 5.74) is 6.46. The molecule has 4 aromatic carbocycles. The smallest absolute Gasteiger partial charge is 0.333 e. The molecule has 0 aliphatic rings. The molecule has 0 radical (unpaired) electrons. The van der Waals surface area contributed by atoms with Crippen LogP contribution in [-0.2, 0) is 32.2 Å². The Labute approximate surface area is 251 Å². The number of nitrogens with zero attached hydrogens (tertiary/aromatic N) is 2. The highest BCUT2D eigenvalue weighted by molar-refractivity contribution is 6.14. The van der Waals surface area contributed by atoms with Crippen LogP contribution < -0.4 is 0 Å². The van der Waals surface area contributed by atoms with Crippen LogP contribution >= 0.6 is 0 Å². The fraction of sp³-hybridized carbons (Fsp3) is 0.243. The molecule has 0 aliphatic carbocycles. The van der Waals surface area contributed by atoms with Gasteiger partial charge in [-0.1, -0.05) is 67.2 Å². The predicted octanol–water partition coefficient (Wildman–Crippen LogP) is 8.28. The Kier molecular flexibility index (Phi) is 7.30. The maximum atomic E-state index is 12.5. The van der Waals surface area contributed by atoms with Gasteiger partial charge in [0.15, 0.2) is 0 Å². The molecule has 0 N–H and O–H groups in total. The molecule has 2 aromatic heterocycles. The highest BCUT2D eigenvalue weighted by Gasteiger charge is 2.23. The fourth-order valence-electron chi connectivity index (χ4n) is 5.84. The SMILES string of the molecule is C=C(C)C(=O)OCCn1c2ccccc2c2cc(-c3cccc4c5ccccc5n(CCOC(=O)C(C)(C)C)c34)ccc21. The van der Waals surface area contributed by atoms with Gasteiger partial charge in [0.05, 0.1) is 24.0 Å². The first-order valence-corrected chi connectivity index (χ1v) is 14.7. The van der Waals surface area contributed by atoms with Gasteiger partial charge in [0.25, 0.3) is 0 Å². The third-order valence-electron chi connectivity index (χ3n) is 7.93. The van der Waals surface area contributed by atoms with Crippen LogP contribution in [0.25, 0.3) is 54.7 Å². The van der Waals surface area contributed by atoms with Crippen LogP contribution in [0.4, 0.5) is 0 Å². The lowest BCUT2D eigenvalue weighted by Crippen LogP contribution is -2.24. The molecule has 0 atom stereocenters. The van der Waals surface area contributed by atoms with Crippen molar-refractivity contribution in [2.75, 3.05) is 13.2 Å². The van der Waals surface area contributed by atoms with E-state index in [0.717, 1.165) is 49.4 Å². The van der Waals surface area contributed by atoms with E-state index in [1.807, 2.05) is 32.9 Å². The van der Waals surface area contributed by atoms with Crippen LogP contribution in [0, 0.1) is 5.41 Å². The van der Waals surface area contributed by atoms with Gasteiger partial charge in [-0.2, -0.15) is 0 Å². The lowest BCUT2D eigenvalue weighted by Gasteiger charge is -2.17. The van der Waals surface area contributed by atoms with Crippen molar-refractivity contribution < 1.29 is 19.1 Å². The van der Waals surface area contributed by atoms with Gasteiger partial charge in [-0.05, 0) is 57.5 Å². The average molecular weight is 573 g/mol. The van der Waals surface area contributed by atoms with Crippen molar-refractivity contribution in [3.8, 4) is 11.1 Å². The second-order valence-electron chi connectivity index (χ2n) is 12.1. The van der Waals surface area contributed by atoms with E-state index in [1.165, 1.54) is 5.39 Å². The number of benzene rings is 4. The zero-order chi connectivity index (χ0) is 30.3. The average Bonchev–Trinajstić information content (AvgIpc) is 3.49. The summed E-state index contributed by atoms with van der Waals surface area (Å²) in [6.07, 6.45) is 0. The standard InChI is InChI=1S/C37H36N2O4/c1-24(2)35(40)42-21-19-38-31-15-8-7-12-28(31)30-23-25(17-18-33(30)38)26-13-10-14-29-27-11-6-9-16-32(27)39(34(26)29)20-22-43-36(41)37(3,4)5/h6-18,23H,1,19-22H2,2-5H3. The topological polar surface area (TPSA) is 62.5 Å². The van der Waals surface area contributed by atoms with Gasteiger partial charge in [-0.3, -0.25) is 4.79 Å². The number of aromatic nitrogens is 2. The maximum absolute atomic E-state index is 12.5. The number of para-hydroxylation sites is 3. The molecule has 0 amide bonds. The maximum Gasteiger partial charge on any atom is 0.333 e. The van der Waals surface area contributed by atoms with E-state index < -0.39 is 5.41 Å². The van der Waals surface area contributed by atoms with Gasteiger partial charge in [-0.25, -0.2) is 4.79 Å². The largest absolute Gasteiger partial charge is 0.463 e. The quantitative estimate of drug-likeness (QED) is 0.136. The summed E-state index contributed by atoms with van der Waals surface area (Å²) < 4.78 is 15.6. The van der Waals surface area contributed by atoms with Crippen molar-refractivity contribution in [2.24, 2.45) is 5.41 Å². The molecule has 6 aromatic rings. The van der Waals surface area contributed by atoms with Crippen molar-refractivity contribution in [1.29, 1.82) is 0 Å². The van der Waals surface area contributed by atoms with Crippen molar-refractivity contribution >= 4 is 55.6 Å². The number of hydrogen-bond acceptors (Lipinski definition) is 4. The first-order chi connectivity index (χ1) is 20.6. The van der Waals surface area contributed by atoms with Crippen molar-refractivity contribution in [2.45, 2.75) is 40.8 Å². The van der Waals surface area contributed by atoms with E-state index in [1.54, 1.807) is 6.92 Å². The molecule has 6 heteroatoms. The lowest BCUT2D eigenvalue weighted by atomic mass is 9.97. The number of carbonyl (C=O) groups excluding carboxylic acids is 2. The van der Waals surface area contributed by atoms with E-state index in [0.29, 0.717) is 25.3 Å². The molecule has 0 saturated carbocycles. The van der Waals surface area contributed by atoms with Crippen molar-refractivity contribution in [1.82, 2.24) is 9.13 Å². The molecule has 2 heterocycles. The number of fused-ring (bicyclic) bond motifs is 6. The second kappa shape index (κ2) is 11.1. The molecule has 6 nitrogen and oxygen atoms in total. The van der Waals surface area contributed by atoms with Crippen LogP contribution in [0.15, 0.2) is 97.1 Å². The van der Waals surface area contributed by atoms with Crippen LogP contribution in [0.2, 0.25) is 0 Å². The minimum Gasteiger partial charge on any atom is -0.463 e.